The van der Waals surface area contributed by atoms with Gasteiger partial charge in [0.2, 0.25) is 5.91 Å². The summed E-state index contributed by atoms with van der Waals surface area (Å²) >= 11 is 2.84. The highest BCUT2D eigenvalue weighted by Crippen LogP contribution is 2.23. The van der Waals surface area contributed by atoms with Crippen molar-refractivity contribution in [3.05, 3.63) is 35.3 Å². The molecule has 1 aromatic heterocycles. The Balaban J connectivity index is 1.82. The highest BCUT2D eigenvalue weighted by Gasteiger charge is 2.07. The summed E-state index contributed by atoms with van der Waals surface area (Å²) in [5.41, 5.74) is 1.45. The zero-order valence-corrected chi connectivity index (χ0v) is 12.6. The smallest absolute Gasteiger partial charge is 0.387 e. The van der Waals surface area contributed by atoms with Gasteiger partial charge in [0.05, 0.1) is 5.75 Å². The van der Waals surface area contributed by atoms with Crippen LogP contribution in [0.15, 0.2) is 34.0 Å². The number of nitrogens with one attached hydrogen (secondary N) is 1. The van der Waals surface area contributed by atoms with E-state index in [-0.39, 0.29) is 17.4 Å². The first-order valence-corrected chi connectivity index (χ1v) is 7.79. The monoisotopic (exact) mass is 330 g/mol. The Morgan fingerprint density at radius 2 is 2.14 bits per heavy atom. The van der Waals surface area contributed by atoms with E-state index in [0.717, 1.165) is 10.0 Å². The fourth-order valence-corrected chi connectivity index (χ4v) is 3.09. The number of rotatable bonds is 6. The fourth-order valence-electron chi connectivity index (χ4n) is 1.44. The van der Waals surface area contributed by atoms with Gasteiger partial charge in [-0.15, -0.1) is 11.3 Å². The molecule has 0 bridgehead atoms. The van der Waals surface area contributed by atoms with Crippen LogP contribution in [0.4, 0.5) is 14.5 Å². The molecule has 1 heterocycles. The van der Waals surface area contributed by atoms with Crippen LogP contribution >= 0.6 is 23.1 Å². The van der Waals surface area contributed by atoms with Crippen molar-refractivity contribution in [1.82, 2.24) is 4.98 Å². The second-order valence-electron chi connectivity index (χ2n) is 3.99. The van der Waals surface area contributed by atoms with Crippen molar-refractivity contribution in [2.75, 3.05) is 11.1 Å². The van der Waals surface area contributed by atoms with Crippen LogP contribution in [-0.2, 0) is 4.79 Å². The average Bonchev–Trinajstić information content (AvgIpc) is 2.84. The van der Waals surface area contributed by atoms with Crippen LogP contribution in [0, 0.1) is 6.92 Å². The number of thiazole rings is 1. The molecule has 0 unspecified atom stereocenters. The van der Waals surface area contributed by atoms with Crippen LogP contribution in [-0.4, -0.2) is 23.3 Å². The second-order valence-corrected chi connectivity index (χ2v) is 6.08. The lowest BCUT2D eigenvalue weighted by atomic mass is 10.3. The van der Waals surface area contributed by atoms with Gasteiger partial charge >= 0.3 is 6.61 Å². The number of aromatic nitrogens is 1. The number of nitrogens with zero attached hydrogens (tertiary/aromatic N) is 1. The largest absolute Gasteiger partial charge is 0.435 e. The van der Waals surface area contributed by atoms with E-state index in [1.807, 2.05) is 12.3 Å². The molecule has 2 rings (SSSR count). The Kier molecular flexibility index (Phi) is 5.51. The maximum absolute atomic E-state index is 12.0. The molecule has 8 heteroatoms. The molecular formula is C13H12F2N2O2S2. The average molecular weight is 330 g/mol. The topological polar surface area (TPSA) is 51.2 Å². The molecule has 0 radical (unpaired) electrons. The summed E-state index contributed by atoms with van der Waals surface area (Å²) in [6, 6.07) is 5.76. The third-order valence-electron chi connectivity index (χ3n) is 2.29. The number of alkyl halides is 2. The Hall–Kier alpha value is -1.67. The number of ether oxygens (including phenoxy) is 1. The predicted molar refractivity (Wildman–Crippen MR) is 79.3 cm³/mol. The first-order chi connectivity index (χ1) is 10.0. The van der Waals surface area contributed by atoms with Crippen molar-refractivity contribution in [3.8, 4) is 5.75 Å². The summed E-state index contributed by atoms with van der Waals surface area (Å²) < 4.78 is 29.1. The molecular weight excluding hydrogens is 318 g/mol. The number of amides is 1. The van der Waals surface area contributed by atoms with E-state index in [1.54, 1.807) is 0 Å². The number of halogens is 2. The van der Waals surface area contributed by atoms with E-state index in [2.05, 4.69) is 15.0 Å². The Morgan fingerprint density at radius 1 is 1.43 bits per heavy atom. The van der Waals surface area contributed by atoms with E-state index >= 15 is 0 Å². The lowest BCUT2D eigenvalue weighted by Gasteiger charge is -2.07. The predicted octanol–water partition coefficient (Wildman–Crippen LogP) is 3.78. The van der Waals surface area contributed by atoms with E-state index in [1.165, 1.54) is 47.4 Å². The SMILES string of the molecule is Cc1csc(SCC(=O)Nc2ccc(OC(F)F)cc2)n1. The van der Waals surface area contributed by atoms with Crippen LogP contribution in [0.2, 0.25) is 0 Å². The molecule has 112 valence electrons. The normalized spacial score (nSPS) is 10.7. The molecule has 1 N–H and O–H groups in total. The van der Waals surface area contributed by atoms with Gasteiger partial charge in [0.25, 0.3) is 0 Å². The van der Waals surface area contributed by atoms with Crippen LogP contribution in [0.25, 0.3) is 0 Å². The molecule has 1 amide bonds. The molecule has 0 atom stereocenters. The third kappa shape index (κ3) is 5.31. The Labute approximate surface area is 128 Å². The minimum absolute atomic E-state index is 0.0515. The molecule has 0 saturated heterocycles. The lowest BCUT2D eigenvalue weighted by molar-refractivity contribution is -0.113. The summed E-state index contributed by atoms with van der Waals surface area (Å²) in [4.78, 5) is 16.0. The molecule has 1 aromatic carbocycles. The van der Waals surface area contributed by atoms with Crippen molar-refractivity contribution in [1.29, 1.82) is 0 Å². The highest BCUT2D eigenvalue weighted by molar-refractivity contribution is 8.01. The van der Waals surface area contributed by atoms with Crippen LogP contribution in [0.3, 0.4) is 0 Å². The van der Waals surface area contributed by atoms with E-state index < -0.39 is 6.61 Å². The van der Waals surface area contributed by atoms with Crippen LogP contribution < -0.4 is 10.1 Å². The number of thioether (sulfide) groups is 1. The summed E-state index contributed by atoms with van der Waals surface area (Å²) in [6.07, 6.45) is 0. The minimum Gasteiger partial charge on any atom is -0.435 e. The van der Waals surface area contributed by atoms with Gasteiger partial charge in [-0.3, -0.25) is 4.79 Å². The van der Waals surface area contributed by atoms with Gasteiger partial charge in [-0.2, -0.15) is 8.78 Å². The van der Waals surface area contributed by atoms with Gasteiger partial charge in [0, 0.05) is 16.8 Å². The highest BCUT2D eigenvalue weighted by atomic mass is 32.2. The van der Waals surface area contributed by atoms with E-state index in [0.29, 0.717) is 5.69 Å². The van der Waals surface area contributed by atoms with Gasteiger partial charge in [0.1, 0.15) is 5.75 Å². The molecule has 0 aliphatic carbocycles. The fraction of sp³-hybridized carbons (Fsp3) is 0.231. The van der Waals surface area contributed by atoms with Gasteiger partial charge in [-0.1, -0.05) is 11.8 Å². The van der Waals surface area contributed by atoms with Gasteiger partial charge in [-0.05, 0) is 31.2 Å². The lowest BCUT2D eigenvalue weighted by Crippen LogP contribution is -2.13. The summed E-state index contributed by atoms with van der Waals surface area (Å²) in [5, 5.41) is 4.59. The van der Waals surface area contributed by atoms with Crippen molar-refractivity contribution in [3.63, 3.8) is 0 Å². The Morgan fingerprint density at radius 3 is 2.71 bits per heavy atom. The van der Waals surface area contributed by atoms with Crippen molar-refractivity contribution < 1.29 is 18.3 Å². The van der Waals surface area contributed by atoms with Crippen LogP contribution in [0.1, 0.15) is 5.69 Å². The maximum atomic E-state index is 12.0. The van der Waals surface area contributed by atoms with Crippen molar-refractivity contribution in [2.24, 2.45) is 0 Å². The number of hydrogen-bond acceptors (Lipinski definition) is 5. The minimum atomic E-state index is -2.86. The van der Waals surface area contributed by atoms with E-state index in [4.69, 9.17) is 0 Å². The second kappa shape index (κ2) is 7.37. The summed E-state index contributed by atoms with van der Waals surface area (Å²) in [7, 11) is 0. The summed E-state index contributed by atoms with van der Waals surface area (Å²) in [5.74, 6) is 0.105. The molecule has 21 heavy (non-hydrogen) atoms. The third-order valence-corrected chi connectivity index (χ3v) is 4.43. The zero-order chi connectivity index (χ0) is 15.2. The first-order valence-electron chi connectivity index (χ1n) is 5.92. The zero-order valence-electron chi connectivity index (χ0n) is 11.0. The quantitative estimate of drug-likeness (QED) is 0.819. The number of anilines is 1. The molecule has 0 aliphatic heterocycles. The van der Waals surface area contributed by atoms with Gasteiger partial charge in [0.15, 0.2) is 4.34 Å². The molecule has 0 saturated carbocycles. The van der Waals surface area contributed by atoms with E-state index in [9.17, 15) is 13.6 Å². The molecule has 4 nitrogen and oxygen atoms in total. The van der Waals surface area contributed by atoms with Gasteiger partial charge < -0.3 is 10.1 Å². The maximum Gasteiger partial charge on any atom is 0.387 e. The number of carbonyl (C=O) groups is 1. The first kappa shape index (κ1) is 15.7. The molecule has 0 spiro atoms. The number of carbonyl (C=O) groups excluding carboxylic acids is 1. The molecule has 0 fully saturated rings. The van der Waals surface area contributed by atoms with Crippen LogP contribution in [0.5, 0.6) is 5.75 Å². The molecule has 0 aliphatic rings. The van der Waals surface area contributed by atoms with Crippen molar-refractivity contribution in [2.45, 2.75) is 17.9 Å². The van der Waals surface area contributed by atoms with Gasteiger partial charge in [-0.25, -0.2) is 4.98 Å². The molecule has 2 aromatic rings. The standard InChI is InChI=1S/C13H12F2N2O2S2/c1-8-6-20-13(16-8)21-7-11(18)17-9-2-4-10(5-3-9)19-12(14)15/h2-6,12H,7H2,1H3,(H,17,18). The number of hydrogen-bond donors (Lipinski definition) is 1. The summed E-state index contributed by atoms with van der Waals surface area (Å²) in [6.45, 7) is -0.965. The van der Waals surface area contributed by atoms with Crippen molar-refractivity contribution >= 4 is 34.7 Å². The number of benzene rings is 1. The number of aryl methyl sites for hydroxylation is 1. The Bertz CT molecular complexity index is 602.